The molecule has 3 heterocycles. The van der Waals surface area contributed by atoms with Crippen molar-refractivity contribution in [1.29, 1.82) is 0 Å². The summed E-state index contributed by atoms with van der Waals surface area (Å²) in [6.45, 7) is 0. The summed E-state index contributed by atoms with van der Waals surface area (Å²) in [7, 11) is 1.27. The summed E-state index contributed by atoms with van der Waals surface area (Å²) in [5.41, 5.74) is -0.0815. The number of fused-ring (bicyclic) bond motifs is 4. The van der Waals surface area contributed by atoms with Gasteiger partial charge in [0.2, 0.25) is 11.8 Å². The second kappa shape index (κ2) is 14.2. The number of carbonyl (C=O) groups excluding carboxylic acids is 4. The number of imide groups is 2. The van der Waals surface area contributed by atoms with Gasteiger partial charge in [-0.3, -0.25) is 24.6 Å². The van der Waals surface area contributed by atoms with Gasteiger partial charge in [-0.1, -0.05) is 58.6 Å². The Kier molecular flexibility index (Phi) is 9.60. The zero-order valence-electron chi connectivity index (χ0n) is 30.1. The first-order chi connectivity index (χ1) is 27.9. The number of pyridine rings is 1. The summed E-state index contributed by atoms with van der Waals surface area (Å²) < 4.78 is 46.0. The maximum Gasteiger partial charge on any atom is 0.417 e. The van der Waals surface area contributed by atoms with Crippen molar-refractivity contribution in [2.24, 2.45) is 23.7 Å². The van der Waals surface area contributed by atoms with Crippen LogP contribution in [0.4, 0.5) is 24.7 Å². The highest BCUT2D eigenvalue weighted by Gasteiger charge is 2.70. The molecule has 2 aliphatic heterocycles. The lowest BCUT2D eigenvalue weighted by molar-refractivity contribution is -0.139. The number of aromatic carboxylic acids is 1. The highest BCUT2D eigenvalue weighted by Crippen LogP contribution is 2.65. The van der Waals surface area contributed by atoms with E-state index in [1.807, 2.05) is 0 Å². The van der Waals surface area contributed by atoms with Gasteiger partial charge in [-0.05, 0) is 72.4 Å². The molecule has 4 N–H and O–H groups in total. The molecule has 1 aromatic heterocycles. The Morgan fingerprint density at radius 3 is 2.27 bits per heavy atom. The normalized spacial score (nSPS) is 25.1. The molecular formula is C40H28Cl3F3N4O9. The lowest BCUT2D eigenvalue weighted by atomic mass is 9.49. The second-order valence-corrected chi connectivity index (χ2v) is 15.7. The van der Waals surface area contributed by atoms with Gasteiger partial charge in [0.25, 0.3) is 11.8 Å². The van der Waals surface area contributed by atoms with E-state index in [2.05, 4.69) is 10.4 Å². The number of hydrogen-bond acceptors (Lipinski definition) is 10. The molecule has 1 saturated carbocycles. The van der Waals surface area contributed by atoms with Gasteiger partial charge in [-0.25, -0.2) is 14.7 Å². The molecule has 6 atom stereocenters. The number of amides is 4. The molecule has 4 amide bonds. The smallest absolute Gasteiger partial charge is 0.417 e. The molecule has 8 rings (SSSR count). The van der Waals surface area contributed by atoms with Crippen LogP contribution in [0.25, 0.3) is 0 Å². The van der Waals surface area contributed by atoms with Crippen molar-refractivity contribution < 1.29 is 57.2 Å². The molecule has 4 aliphatic rings. The van der Waals surface area contributed by atoms with E-state index in [0.29, 0.717) is 22.8 Å². The summed E-state index contributed by atoms with van der Waals surface area (Å²) in [6.07, 6.45) is -2.83. The number of halogens is 6. The number of carboxylic acid groups (broad SMARTS) is 1. The number of phenolic OH excluding ortho intramolecular Hbond substituents is 1. The standard InChI is InChI=1S/C40H28Cl3F3N4O9/c1-59-29-11-16(10-26(42)32(29)52)31-21-8-9-23-30(36(55)49(34(23)53)20-6-7-22(37(56)57)28(51)13-20)24(21)14-25-35(54)50(38(58)39(25,31)17-2-4-19(41)5-3-17)48-33-27(43)12-18(15-47-33)40(44,45)46/h2-8,10-13,15,23-25,30-31,51-52H,9,14H2,1H3,(H,47,48)(H,56,57)/t23-,24+,25-,30-,31-,39+/m0/s1. The summed E-state index contributed by atoms with van der Waals surface area (Å²) in [5.74, 6) is -11.7. The predicted octanol–water partition coefficient (Wildman–Crippen LogP) is 7.37. The molecule has 59 heavy (non-hydrogen) atoms. The van der Waals surface area contributed by atoms with E-state index in [0.717, 1.165) is 17.0 Å². The van der Waals surface area contributed by atoms with Gasteiger partial charge in [-0.15, -0.1) is 0 Å². The van der Waals surface area contributed by atoms with E-state index in [1.54, 1.807) is 18.2 Å². The average Bonchev–Trinajstić information content (AvgIpc) is 3.56. The van der Waals surface area contributed by atoms with Crippen LogP contribution >= 0.6 is 34.8 Å². The van der Waals surface area contributed by atoms with E-state index in [-0.39, 0.29) is 45.5 Å². The number of aromatic nitrogens is 1. The minimum absolute atomic E-state index is 0.0211. The molecule has 4 aromatic rings. The molecule has 0 radical (unpaired) electrons. The Hall–Kier alpha value is -5.84. The fourth-order valence-corrected chi connectivity index (χ4v) is 9.72. The van der Waals surface area contributed by atoms with Gasteiger partial charge >= 0.3 is 12.1 Å². The summed E-state index contributed by atoms with van der Waals surface area (Å²) in [6, 6.07) is 12.8. The monoisotopic (exact) mass is 870 g/mol. The molecular weight excluding hydrogens is 844 g/mol. The van der Waals surface area contributed by atoms with E-state index < -0.39 is 104 Å². The molecule has 3 aromatic carbocycles. The average molecular weight is 872 g/mol. The summed E-state index contributed by atoms with van der Waals surface area (Å²) >= 11 is 19.1. The first-order valence-electron chi connectivity index (χ1n) is 17.7. The molecule has 19 heteroatoms. The molecule has 0 bridgehead atoms. The topological polar surface area (TPSA) is 187 Å². The Bertz CT molecular complexity index is 2550. The van der Waals surface area contributed by atoms with Gasteiger partial charge in [0.1, 0.15) is 11.3 Å². The Balaban J connectivity index is 1.32. The maximum atomic E-state index is 15.4. The first-order valence-corrected chi connectivity index (χ1v) is 18.9. The number of carboxylic acids is 1. The third-order valence-corrected chi connectivity index (χ3v) is 12.5. The SMILES string of the molecule is COc1cc([C@H]2C3=CC[C@@H]4C(=O)N(c5ccc(C(=O)O)c(O)c5)C(=O)[C@@H]4[C@@H]3C[C@H]3C(=O)N(Nc4ncc(C(F)(F)F)cc4Cl)C(=O)[C@@]23c2ccc(Cl)cc2)cc(Cl)c1O. The Morgan fingerprint density at radius 1 is 0.932 bits per heavy atom. The van der Waals surface area contributed by atoms with E-state index in [1.165, 1.54) is 37.4 Å². The first kappa shape index (κ1) is 40.0. The van der Waals surface area contributed by atoms with Crippen LogP contribution in [0.2, 0.25) is 15.1 Å². The number of allylic oxidation sites excluding steroid dienone is 2. The molecule has 0 spiro atoms. The fourth-order valence-electron chi connectivity index (χ4n) is 9.17. The molecule has 2 saturated heterocycles. The number of rotatable bonds is 7. The fraction of sp³-hybridized carbons (Fsp3) is 0.250. The molecule has 2 aliphatic carbocycles. The van der Waals surface area contributed by atoms with Gasteiger partial charge in [0, 0.05) is 23.2 Å². The summed E-state index contributed by atoms with van der Waals surface area (Å²) in [4.78, 5) is 75.1. The molecule has 304 valence electrons. The van der Waals surface area contributed by atoms with Crippen LogP contribution in [0.3, 0.4) is 0 Å². The number of ether oxygens (including phenoxy) is 1. The van der Waals surface area contributed by atoms with Gasteiger partial charge < -0.3 is 20.1 Å². The van der Waals surface area contributed by atoms with Crippen molar-refractivity contribution >= 4 is 75.9 Å². The lowest BCUT2D eigenvalue weighted by Gasteiger charge is -2.50. The third-order valence-electron chi connectivity index (χ3n) is 11.6. The van der Waals surface area contributed by atoms with E-state index in [4.69, 9.17) is 39.5 Å². The number of benzene rings is 3. The van der Waals surface area contributed by atoms with Crippen LogP contribution in [-0.2, 0) is 30.8 Å². The number of alkyl halides is 3. The second-order valence-electron chi connectivity index (χ2n) is 14.5. The number of anilines is 2. The molecule has 3 fully saturated rings. The van der Waals surface area contributed by atoms with Crippen molar-refractivity contribution in [2.75, 3.05) is 17.4 Å². The predicted molar refractivity (Wildman–Crippen MR) is 204 cm³/mol. The number of hydrazine groups is 1. The zero-order chi connectivity index (χ0) is 42.5. The van der Waals surface area contributed by atoms with Crippen molar-refractivity contribution in [1.82, 2.24) is 9.99 Å². The van der Waals surface area contributed by atoms with Crippen LogP contribution in [0.15, 0.2) is 78.5 Å². The van der Waals surface area contributed by atoms with Crippen molar-refractivity contribution in [3.05, 3.63) is 116 Å². The number of nitrogens with zero attached hydrogens (tertiary/aromatic N) is 3. The van der Waals surface area contributed by atoms with E-state index >= 15 is 4.79 Å². The quantitative estimate of drug-likeness (QED) is 0.107. The third kappa shape index (κ3) is 6.06. The van der Waals surface area contributed by atoms with Gasteiger partial charge in [-0.2, -0.15) is 18.2 Å². The maximum absolute atomic E-state index is 15.4. The zero-order valence-corrected chi connectivity index (χ0v) is 32.4. The number of carbonyl (C=O) groups is 5. The molecule has 13 nitrogen and oxygen atoms in total. The summed E-state index contributed by atoms with van der Waals surface area (Å²) in [5, 5.41) is 30.9. The number of methoxy groups -OCH3 is 1. The number of aromatic hydroxyl groups is 2. The minimum Gasteiger partial charge on any atom is -0.507 e. The van der Waals surface area contributed by atoms with E-state index in [9.17, 15) is 47.7 Å². The number of nitrogens with one attached hydrogen (secondary N) is 1. The Labute approximate surface area is 346 Å². The highest BCUT2D eigenvalue weighted by molar-refractivity contribution is 6.33. The largest absolute Gasteiger partial charge is 0.507 e. The van der Waals surface area contributed by atoms with Crippen LogP contribution in [0.5, 0.6) is 17.2 Å². The molecule has 0 unspecified atom stereocenters. The van der Waals surface area contributed by atoms with Crippen LogP contribution < -0.4 is 15.1 Å². The van der Waals surface area contributed by atoms with Gasteiger partial charge in [0.05, 0.1) is 51.6 Å². The van der Waals surface area contributed by atoms with Crippen molar-refractivity contribution in [3.8, 4) is 17.2 Å². The number of hydrogen-bond donors (Lipinski definition) is 4. The lowest BCUT2D eigenvalue weighted by Crippen LogP contribution is -2.53. The Morgan fingerprint density at radius 2 is 1.64 bits per heavy atom. The minimum atomic E-state index is -4.81. The van der Waals surface area contributed by atoms with Gasteiger partial charge in [0.15, 0.2) is 17.3 Å². The van der Waals surface area contributed by atoms with Crippen molar-refractivity contribution in [3.63, 3.8) is 0 Å². The number of phenols is 2. The van der Waals surface area contributed by atoms with Crippen molar-refractivity contribution in [2.45, 2.75) is 30.4 Å². The van der Waals surface area contributed by atoms with Crippen LogP contribution in [0.1, 0.15) is 45.8 Å². The highest BCUT2D eigenvalue weighted by atomic mass is 35.5. The van der Waals surface area contributed by atoms with Crippen LogP contribution in [0, 0.1) is 23.7 Å². The van der Waals surface area contributed by atoms with Crippen LogP contribution in [-0.4, -0.2) is 62.0 Å².